The van der Waals surface area contributed by atoms with Gasteiger partial charge in [0.25, 0.3) is 5.91 Å². The molecule has 2 unspecified atom stereocenters. The zero-order valence-corrected chi connectivity index (χ0v) is 24.2. The summed E-state index contributed by atoms with van der Waals surface area (Å²) in [7, 11) is 0. The summed E-state index contributed by atoms with van der Waals surface area (Å²) in [6, 6.07) is 23.5. The van der Waals surface area contributed by atoms with Crippen LogP contribution in [0.4, 0.5) is 11.4 Å². The molecule has 3 saturated heterocycles. The van der Waals surface area contributed by atoms with Crippen molar-refractivity contribution in [2.45, 2.75) is 63.6 Å². The summed E-state index contributed by atoms with van der Waals surface area (Å²) < 4.78 is 11.7. The number of anilines is 2. The van der Waals surface area contributed by atoms with Gasteiger partial charge in [-0.1, -0.05) is 30.3 Å². The van der Waals surface area contributed by atoms with Crippen molar-refractivity contribution in [3.05, 3.63) is 89.0 Å². The molecular weight excluding hydrogens is 510 g/mol. The van der Waals surface area contributed by atoms with Crippen LogP contribution in [0.5, 0.6) is 5.75 Å². The van der Waals surface area contributed by atoms with Crippen molar-refractivity contribution in [2.24, 2.45) is 0 Å². The maximum absolute atomic E-state index is 13.6. The molecule has 0 radical (unpaired) electrons. The highest BCUT2D eigenvalue weighted by atomic mass is 16.5. The maximum atomic E-state index is 13.6. The lowest BCUT2D eigenvalue weighted by Crippen LogP contribution is -2.45. The number of nitrogens with zero attached hydrogens (tertiary/aromatic N) is 3. The van der Waals surface area contributed by atoms with Crippen LogP contribution in [0.15, 0.2) is 66.7 Å². The number of rotatable bonds is 7. The molecule has 0 bridgehead atoms. The van der Waals surface area contributed by atoms with Gasteiger partial charge in [0.15, 0.2) is 0 Å². The van der Waals surface area contributed by atoms with E-state index in [0.29, 0.717) is 13.2 Å². The molecule has 0 aliphatic carbocycles. The first-order valence-electron chi connectivity index (χ1n) is 15.4. The minimum atomic E-state index is 0.0791. The number of fused-ring (bicyclic) bond motifs is 1. The van der Waals surface area contributed by atoms with Crippen LogP contribution in [0.2, 0.25) is 0 Å². The normalized spacial score (nSPS) is 24.4. The van der Waals surface area contributed by atoms with Gasteiger partial charge in [-0.2, -0.15) is 0 Å². The highest BCUT2D eigenvalue weighted by molar-refractivity contribution is 6.08. The second-order valence-corrected chi connectivity index (χ2v) is 12.3. The van der Waals surface area contributed by atoms with Crippen LogP contribution in [-0.2, 0) is 17.7 Å². The molecule has 6 nitrogen and oxygen atoms in total. The van der Waals surface area contributed by atoms with Gasteiger partial charge in [0.2, 0.25) is 0 Å². The second kappa shape index (κ2) is 11.1. The lowest BCUT2D eigenvalue weighted by molar-refractivity contribution is 0.0679. The molecule has 4 aliphatic heterocycles. The molecule has 214 valence electrons. The molecule has 3 aromatic carbocycles. The number of likely N-dealkylation sites (tertiary alicyclic amines) is 1. The van der Waals surface area contributed by atoms with Crippen LogP contribution >= 0.6 is 0 Å². The Hall–Kier alpha value is -3.35. The van der Waals surface area contributed by atoms with Crippen LogP contribution in [0.3, 0.4) is 0 Å². The van der Waals surface area contributed by atoms with Crippen molar-refractivity contribution in [1.29, 1.82) is 0 Å². The van der Waals surface area contributed by atoms with E-state index in [4.69, 9.17) is 9.47 Å². The van der Waals surface area contributed by atoms with E-state index in [9.17, 15) is 4.79 Å². The monoisotopic (exact) mass is 551 g/mol. The summed E-state index contributed by atoms with van der Waals surface area (Å²) in [5, 5.41) is 0. The Morgan fingerprint density at radius 3 is 2.71 bits per heavy atom. The minimum Gasteiger partial charge on any atom is -0.491 e. The van der Waals surface area contributed by atoms with Crippen molar-refractivity contribution in [3.8, 4) is 5.75 Å². The van der Waals surface area contributed by atoms with Gasteiger partial charge in [0.05, 0.1) is 6.10 Å². The van der Waals surface area contributed by atoms with Crippen LogP contribution in [0, 0.1) is 6.92 Å². The number of benzene rings is 3. The summed E-state index contributed by atoms with van der Waals surface area (Å²) in [6.45, 7) is 8.61. The average molecular weight is 552 g/mol. The van der Waals surface area contributed by atoms with Crippen molar-refractivity contribution >= 4 is 17.3 Å². The number of hydrogen-bond donors (Lipinski definition) is 0. The first-order chi connectivity index (χ1) is 20.1. The maximum Gasteiger partial charge on any atom is 0.258 e. The lowest BCUT2D eigenvalue weighted by atomic mass is 9.94. The van der Waals surface area contributed by atoms with Gasteiger partial charge in [0.1, 0.15) is 12.4 Å². The lowest BCUT2D eigenvalue weighted by Gasteiger charge is -2.35. The largest absolute Gasteiger partial charge is 0.491 e. The van der Waals surface area contributed by atoms with E-state index in [1.54, 1.807) is 0 Å². The summed E-state index contributed by atoms with van der Waals surface area (Å²) >= 11 is 0. The number of amides is 1. The van der Waals surface area contributed by atoms with Crippen molar-refractivity contribution in [1.82, 2.24) is 4.90 Å². The highest BCUT2D eigenvalue weighted by Gasteiger charge is 2.46. The summed E-state index contributed by atoms with van der Waals surface area (Å²) in [5.74, 6) is 0.907. The zero-order valence-electron chi connectivity index (χ0n) is 24.2. The smallest absolute Gasteiger partial charge is 0.258 e. The zero-order chi connectivity index (χ0) is 27.8. The van der Waals surface area contributed by atoms with Gasteiger partial charge in [-0.3, -0.25) is 9.69 Å². The average Bonchev–Trinajstić information content (AvgIpc) is 3.76. The standard InChI is InChI=1S/C35H41N3O3/c1-26-21-29(36-19-16-35(25-36)15-6-17-37(35)23-27-7-3-2-4-8-27)10-13-33(26)38-18-14-28-22-30(11-12-32(28)34(38)39)41-24-31-9-5-20-40-31/h2-4,7-8,10-13,21-22,31H,5-6,9,14-20,23-25H2,1H3. The molecule has 0 saturated carbocycles. The molecule has 7 rings (SSSR count). The fourth-order valence-electron chi connectivity index (χ4n) is 7.47. The van der Waals surface area contributed by atoms with Crippen LogP contribution in [0.25, 0.3) is 0 Å². The van der Waals surface area contributed by atoms with Crippen LogP contribution in [0.1, 0.15) is 59.2 Å². The predicted octanol–water partition coefficient (Wildman–Crippen LogP) is 6.00. The second-order valence-electron chi connectivity index (χ2n) is 12.3. The highest BCUT2D eigenvalue weighted by Crippen LogP contribution is 2.41. The van der Waals surface area contributed by atoms with E-state index in [-0.39, 0.29) is 17.6 Å². The molecule has 2 atom stereocenters. The van der Waals surface area contributed by atoms with E-state index < -0.39 is 0 Å². The molecule has 6 heteroatoms. The SMILES string of the molecule is Cc1cc(N2CCC3(CCCN3Cc3ccccc3)C2)ccc1N1CCc2cc(OCC3CCCO3)ccc2C1=O. The minimum absolute atomic E-state index is 0.0791. The molecule has 0 aromatic heterocycles. The summed E-state index contributed by atoms with van der Waals surface area (Å²) in [5.41, 5.74) is 6.97. The molecule has 4 aliphatic rings. The van der Waals surface area contributed by atoms with Crippen LogP contribution < -0.4 is 14.5 Å². The Kier molecular flexibility index (Phi) is 7.21. The quantitative estimate of drug-likeness (QED) is 0.360. The number of carbonyl (C=O) groups excluding carboxylic acids is 1. The van der Waals surface area contributed by atoms with E-state index in [2.05, 4.69) is 65.3 Å². The van der Waals surface area contributed by atoms with Gasteiger partial charge in [-0.25, -0.2) is 0 Å². The topological polar surface area (TPSA) is 45.2 Å². The molecule has 3 fully saturated rings. The third-order valence-electron chi connectivity index (χ3n) is 9.74. The third-order valence-corrected chi connectivity index (χ3v) is 9.74. The number of ether oxygens (including phenoxy) is 2. The molecule has 1 amide bonds. The Morgan fingerprint density at radius 1 is 0.976 bits per heavy atom. The molecular formula is C35H41N3O3. The molecule has 4 heterocycles. The summed E-state index contributed by atoms with van der Waals surface area (Å²) in [6.07, 6.45) is 6.94. The fraction of sp³-hybridized carbons (Fsp3) is 0.457. The van der Waals surface area contributed by atoms with Gasteiger partial charge in [-0.05, 0) is 105 Å². The Morgan fingerprint density at radius 2 is 1.88 bits per heavy atom. The van der Waals surface area contributed by atoms with Gasteiger partial charge in [0, 0.05) is 55.3 Å². The number of aryl methyl sites for hydroxylation is 1. The van der Waals surface area contributed by atoms with E-state index in [1.165, 1.54) is 37.1 Å². The molecule has 41 heavy (non-hydrogen) atoms. The van der Waals surface area contributed by atoms with Crippen molar-refractivity contribution < 1.29 is 14.3 Å². The van der Waals surface area contributed by atoms with E-state index in [1.807, 2.05) is 23.1 Å². The van der Waals surface area contributed by atoms with E-state index >= 15 is 0 Å². The Balaban J connectivity index is 1.02. The fourth-order valence-corrected chi connectivity index (χ4v) is 7.47. The van der Waals surface area contributed by atoms with Crippen LogP contribution in [-0.4, -0.2) is 61.8 Å². The molecule has 0 N–H and O–H groups in total. The third kappa shape index (κ3) is 5.24. The Bertz CT molecular complexity index is 1400. The number of carbonyl (C=O) groups is 1. The van der Waals surface area contributed by atoms with E-state index in [0.717, 1.165) is 73.6 Å². The van der Waals surface area contributed by atoms with Gasteiger partial charge < -0.3 is 19.3 Å². The first-order valence-corrected chi connectivity index (χ1v) is 15.4. The first kappa shape index (κ1) is 26.5. The summed E-state index contributed by atoms with van der Waals surface area (Å²) in [4.78, 5) is 20.8. The number of hydrogen-bond acceptors (Lipinski definition) is 5. The predicted molar refractivity (Wildman–Crippen MR) is 163 cm³/mol. The Labute approximate surface area is 243 Å². The van der Waals surface area contributed by atoms with Crippen molar-refractivity contribution in [3.63, 3.8) is 0 Å². The van der Waals surface area contributed by atoms with Crippen molar-refractivity contribution in [2.75, 3.05) is 49.2 Å². The molecule has 3 aromatic rings. The van der Waals surface area contributed by atoms with Gasteiger partial charge in [-0.15, -0.1) is 0 Å². The molecule has 1 spiro atoms. The van der Waals surface area contributed by atoms with Gasteiger partial charge >= 0.3 is 0 Å².